The molecule has 0 spiro atoms. The van der Waals surface area contributed by atoms with Gasteiger partial charge in [-0.05, 0) is 47.7 Å². The van der Waals surface area contributed by atoms with Gasteiger partial charge in [0.05, 0.1) is 28.8 Å². The Balaban J connectivity index is 1.46. The molecule has 0 fully saturated rings. The van der Waals surface area contributed by atoms with Crippen molar-refractivity contribution in [1.29, 1.82) is 10.5 Å². The van der Waals surface area contributed by atoms with E-state index in [4.69, 9.17) is 5.26 Å². The highest BCUT2D eigenvalue weighted by Gasteiger charge is 2.54. The number of carbonyl (C=O) groups is 1. The Hall–Kier alpha value is -4.26. The molecule has 1 amide bonds. The molecule has 5 rings (SSSR count). The standard InChI is InChI=1S/C30H24N4OS/c1-20-7-5-6-14-30(19-32)18-29(2,26(20)24-8-3-4-9-25(24)30)27(35)34-28-33-23(17-36-28)15-21-10-12-22(16-31)13-11-21/h3-14,17,26H,1,15,18H2,2H3,(H,33,34,35)/b7-5-,14-6-. The minimum absolute atomic E-state index is 0.175. The molecule has 2 aliphatic rings. The van der Waals surface area contributed by atoms with Gasteiger partial charge in [-0.3, -0.25) is 4.79 Å². The van der Waals surface area contributed by atoms with Crippen LogP contribution in [0, 0.1) is 28.1 Å². The van der Waals surface area contributed by atoms with Gasteiger partial charge in [0, 0.05) is 17.7 Å². The van der Waals surface area contributed by atoms with E-state index in [1.54, 1.807) is 12.1 Å². The molecule has 36 heavy (non-hydrogen) atoms. The molecule has 1 heterocycles. The van der Waals surface area contributed by atoms with E-state index in [0.29, 0.717) is 23.5 Å². The van der Waals surface area contributed by atoms with Gasteiger partial charge in [0.2, 0.25) is 5.91 Å². The lowest BCUT2D eigenvalue weighted by molar-refractivity contribution is -0.126. The molecule has 0 saturated heterocycles. The lowest BCUT2D eigenvalue weighted by Crippen LogP contribution is -2.48. The highest BCUT2D eigenvalue weighted by molar-refractivity contribution is 7.13. The summed E-state index contributed by atoms with van der Waals surface area (Å²) in [6.07, 6.45) is 8.56. The number of anilines is 1. The third-order valence-electron chi connectivity index (χ3n) is 7.17. The molecule has 1 aromatic heterocycles. The summed E-state index contributed by atoms with van der Waals surface area (Å²) < 4.78 is 0. The van der Waals surface area contributed by atoms with Crippen molar-refractivity contribution < 1.29 is 4.79 Å². The largest absolute Gasteiger partial charge is 0.301 e. The van der Waals surface area contributed by atoms with Crippen molar-refractivity contribution in [2.45, 2.75) is 31.1 Å². The first-order chi connectivity index (χ1) is 17.4. The predicted molar refractivity (Wildman–Crippen MR) is 141 cm³/mol. The van der Waals surface area contributed by atoms with Gasteiger partial charge in [-0.2, -0.15) is 10.5 Å². The number of allylic oxidation sites excluding steroid dienone is 5. The Bertz CT molecular complexity index is 1500. The lowest BCUT2D eigenvalue weighted by atomic mass is 9.54. The number of nitriles is 2. The number of carbonyl (C=O) groups excluding carboxylic acids is 1. The zero-order valence-corrected chi connectivity index (χ0v) is 20.7. The second kappa shape index (κ2) is 9.07. The smallest absolute Gasteiger partial charge is 0.233 e. The molecule has 3 aromatic rings. The Kier molecular flexibility index (Phi) is 5.92. The van der Waals surface area contributed by atoms with Gasteiger partial charge in [0.25, 0.3) is 0 Å². The van der Waals surface area contributed by atoms with Gasteiger partial charge in [0.15, 0.2) is 5.13 Å². The zero-order valence-electron chi connectivity index (χ0n) is 19.9. The maximum atomic E-state index is 13.9. The van der Waals surface area contributed by atoms with Crippen molar-refractivity contribution in [3.63, 3.8) is 0 Å². The number of thiazole rings is 1. The summed E-state index contributed by atoms with van der Waals surface area (Å²) in [5, 5.41) is 24.9. The Morgan fingerprint density at radius 3 is 2.72 bits per heavy atom. The molecule has 0 radical (unpaired) electrons. The van der Waals surface area contributed by atoms with Gasteiger partial charge < -0.3 is 5.32 Å². The van der Waals surface area contributed by atoms with E-state index in [1.807, 2.05) is 73.0 Å². The quantitative estimate of drug-likeness (QED) is 0.475. The van der Waals surface area contributed by atoms with Crippen LogP contribution in [0.3, 0.4) is 0 Å². The van der Waals surface area contributed by atoms with E-state index in [0.717, 1.165) is 28.0 Å². The normalized spacial score (nSPS) is 25.9. The average Bonchev–Trinajstić information content (AvgIpc) is 3.36. The summed E-state index contributed by atoms with van der Waals surface area (Å²) >= 11 is 1.38. The first kappa shape index (κ1) is 23.5. The molecule has 2 aromatic carbocycles. The van der Waals surface area contributed by atoms with Crippen molar-refractivity contribution in [3.05, 3.63) is 118 Å². The van der Waals surface area contributed by atoms with E-state index >= 15 is 0 Å². The molecule has 0 saturated carbocycles. The SMILES string of the molecule is C=C1/C=C\C=C/C2(C#N)CC(C)(C(=O)Nc3nc(Cc4ccc(C#N)cc4)cs3)C1c1ccccc12. The fraction of sp³-hybridized carbons (Fsp3) is 0.200. The molecule has 176 valence electrons. The van der Waals surface area contributed by atoms with Crippen molar-refractivity contribution in [1.82, 2.24) is 4.98 Å². The number of fused-ring (bicyclic) bond motifs is 6. The lowest BCUT2D eigenvalue weighted by Gasteiger charge is -2.47. The van der Waals surface area contributed by atoms with Crippen LogP contribution in [0.1, 0.15) is 47.2 Å². The van der Waals surface area contributed by atoms with E-state index in [-0.39, 0.29) is 11.8 Å². The highest BCUT2D eigenvalue weighted by Crippen LogP contribution is 2.56. The van der Waals surface area contributed by atoms with E-state index in [2.05, 4.69) is 29.0 Å². The number of hydrogen-bond acceptors (Lipinski definition) is 5. The van der Waals surface area contributed by atoms with Crippen molar-refractivity contribution >= 4 is 22.4 Å². The Morgan fingerprint density at radius 2 is 1.97 bits per heavy atom. The summed E-state index contributed by atoms with van der Waals surface area (Å²) in [4.78, 5) is 18.6. The average molecular weight is 489 g/mol. The molecule has 3 unspecified atom stereocenters. The number of amides is 1. The fourth-order valence-electron chi connectivity index (χ4n) is 5.47. The number of aromatic nitrogens is 1. The molecule has 1 N–H and O–H groups in total. The molecule has 2 aliphatic carbocycles. The summed E-state index contributed by atoms with van der Waals surface area (Å²) in [5.41, 5.74) is 3.39. The Labute approximate surface area is 214 Å². The van der Waals surface area contributed by atoms with Crippen LogP contribution in [0.4, 0.5) is 5.13 Å². The number of hydrogen-bond donors (Lipinski definition) is 1. The highest BCUT2D eigenvalue weighted by atomic mass is 32.1. The molecule has 0 aliphatic heterocycles. The number of nitrogens with zero attached hydrogens (tertiary/aromatic N) is 3. The molecular formula is C30H24N4OS. The van der Waals surface area contributed by atoms with E-state index in [1.165, 1.54) is 11.3 Å². The number of rotatable bonds is 4. The summed E-state index contributed by atoms with van der Waals surface area (Å²) in [6, 6.07) is 19.9. The second-order valence-electron chi connectivity index (χ2n) is 9.57. The molecule has 2 bridgehead atoms. The molecular weight excluding hydrogens is 464 g/mol. The minimum Gasteiger partial charge on any atom is -0.301 e. The molecule has 3 atom stereocenters. The van der Waals surface area contributed by atoms with Crippen LogP contribution in [0.2, 0.25) is 0 Å². The van der Waals surface area contributed by atoms with Crippen LogP contribution in [0.25, 0.3) is 0 Å². The van der Waals surface area contributed by atoms with Crippen LogP contribution in [-0.4, -0.2) is 10.9 Å². The third kappa shape index (κ3) is 3.96. The first-order valence-corrected chi connectivity index (χ1v) is 12.6. The van der Waals surface area contributed by atoms with E-state index < -0.39 is 10.8 Å². The first-order valence-electron chi connectivity index (χ1n) is 11.7. The monoisotopic (exact) mass is 488 g/mol. The van der Waals surface area contributed by atoms with Gasteiger partial charge in [-0.25, -0.2) is 4.98 Å². The van der Waals surface area contributed by atoms with Gasteiger partial charge in [-0.1, -0.05) is 67.3 Å². The maximum absolute atomic E-state index is 13.9. The van der Waals surface area contributed by atoms with Crippen LogP contribution < -0.4 is 5.32 Å². The fourth-order valence-corrected chi connectivity index (χ4v) is 6.17. The minimum atomic E-state index is -0.919. The third-order valence-corrected chi connectivity index (χ3v) is 7.97. The van der Waals surface area contributed by atoms with Gasteiger partial charge in [0.1, 0.15) is 5.41 Å². The summed E-state index contributed by atoms with van der Waals surface area (Å²) in [5.74, 6) is -0.449. The van der Waals surface area contributed by atoms with E-state index in [9.17, 15) is 10.1 Å². The van der Waals surface area contributed by atoms with Crippen molar-refractivity contribution in [2.75, 3.05) is 5.32 Å². The molecule has 6 heteroatoms. The predicted octanol–water partition coefficient (Wildman–Crippen LogP) is 6.18. The summed E-state index contributed by atoms with van der Waals surface area (Å²) in [7, 11) is 0. The second-order valence-corrected chi connectivity index (χ2v) is 10.4. The zero-order chi connectivity index (χ0) is 25.3. The van der Waals surface area contributed by atoms with Crippen molar-refractivity contribution in [3.8, 4) is 12.1 Å². The van der Waals surface area contributed by atoms with Crippen LogP contribution in [-0.2, 0) is 16.6 Å². The topological polar surface area (TPSA) is 89.6 Å². The maximum Gasteiger partial charge on any atom is 0.233 e. The van der Waals surface area contributed by atoms with Crippen LogP contribution >= 0.6 is 11.3 Å². The van der Waals surface area contributed by atoms with Crippen LogP contribution in [0.15, 0.2) is 90.4 Å². The van der Waals surface area contributed by atoms with Crippen molar-refractivity contribution in [2.24, 2.45) is 5.41 Å². The Morgan fingerprint density at radius 1 is 1.19 bits per heavy atom. The number of benzene rings is 2. The molecule has 5 nitrogen and oxygen atoms in total. The number of nitrogens with one attached hydrogen (secondary N) is 1. The summed E-state index contributed by atoms with van der Waals surface area (Å²) in [6.45, 7) is 6.24. The van der Waals surface area contributed by atoms with Gasteiger partial charge >= 0.3 is 0 Å². The van der Waals surface area contributed by atoms with Crippen LogP contribution in [0.5, 0.6) is 0 Å². The van der Waals surface area contributed by atoms with Gasteiger partial charge in [-0.15, -0.1) is 11.3 Å².